The SMILES string of the molecule is BC1O[C@H](COP(=O)(O)OP(=O)(O)OP(=O)(O)O)[C@@H](O)[C@@]1(C)N. The van der Waals surface area contributed by atoms with Crippen molar-refractivity contribution in [1.82, 2.24) is 0 Å². The van der Waals surface area contributed by atoms with Crippen LogP contribution in [0.15, 0.2) is 0 Å². The van der Waals surface area contributed by atoms with Gasteiger partial charge in [0.15, 0.2) is 0 Å². The number of phosphoric ester groups is 1. The van der Waals surface area contributed by atoms with E-state index in [0.29, 0.717) is 0 Å². The van der Waals surface area contributed by atoms with Crippen molar-refractivity contribution < 1.29 is 56.3 Å². The highest BCUT2D eigenvalue weighted by molar-refractivity contribution is 7.66. The van der Waals surface area contributed by atoms with Gasteiger partial charge in [0.2, 0.25) is 0 Å². The molecule has 0 aromatic rings. The fourth-order valence-corrected chi connectivity index (χ4v) is 4.76. The van der Waals surface area contributed by atoms with E-state index in [4.69, 9.17) is 25.2 Å². The molecule has 0 amide bonds. The zero-order valence-electron chi connectivity index (χ0n) is 12.0. The van der Waals surface area contributed by atoms with Crippen molar-refractivity contribution in [3.8, 4) is 0 Å². The van der Waals surface area contributed by atoms with E-state index >= 15 is 0 Å². The zero-order valence-corrected chi connectivity index (χ0v) is 14.6. The molecule has 7 N–H and O–H groups in total. The number of rotatable bonds is 7. The highest BCUT2D eigenvalue weighted by atomic mass is 31.3. The minimum absolute atomic E-state index is 0.618. The first-order valence-electron chi connectivity index (χ1n) is 5.96. The first-order valence-corrected chi connectivity index (χ1v) is 10.5. The summed E-state index contributed by atoms with van der Waals surface area (Å²) >= 11 is 0. The van der Waals surface area contributed by atoms with Crippen molar-refractivity contribution in [1.29, 1.82) is 0 Å². The second-order valence-corrected chi connectivity index (χ2v) is 9.43. The summed E-state index contributed by atoms with van der Waals surface area (Å²) in [4.78, 5) is 35.0. The minimum atomic E-state index is -5.58. The molecule has 0 aromatic carbocycles. The second kappa shape index (κ2) is 6.93. The Kier molecular flexibility index (Phi) is 6.45. The first kappa shape index (κ1) is 21.4. The Balaban J connectivity index is 2.65. The number of aliphatic hydroxyl groups excluding tert-OH is 1. The third-order valence-electron chi connectivity index (χ3n) is 3.06. The van der Waals surface area contributed by atoms with Gasteiger partial charge in [-0.1, -0.05) is 0 Å². The van der Waals surface area contributed by atoms with Crippen LogP contribution in [0.25, 0.3) is 0 Å². The van der Waals surface area contributed by atoms with Crippen LogP contribution in [0.1, 0.15) is 6.92 Å². The van der Waals surface area contributed by atoms with Gasteiger partial charge in [0.05, 0.1) is 12.1 Å². The predicted octanol–water partition coefficient (Wildman–Crippen LogP) is -2.23. The number of hydrogen-bond acceptors (Lipinski definition) is 9. The van der Waals surface area contributed by atoms with E-state index in [1.165, 1.54) is 6.92 Å². The maximum absolute atomic E-state index is 11.5. The summed E-state index contributed by atoms with van der Waals surface area (Å²) in [6.07, 6.45) is -2.41. The van der Waals surface area contributed by atoms with Crippen LogP contribution in [-0.4, -0.2) is 62.9 Å². The molecule has 13 nitrogen and oxygen atoms in total. The second-order valence-electron chi connectivity index (χ2n) is 5.01. The summed E-state index contributed by atoms with van der Waals surface area (Å²) in [6, 6.07) is -0.618. The van der Waals surface area contributed by atoms with E-state index in [0.717, 1.165) is 0 Å². The average Bonchev–Trinajstić information content (AvgIpc) is 2.45. The lowest BCUT2D eigenvalue weighted by Crippen LogP contribution is -2.54. The number of ether oxygens (including phenoxy) is 1. The maximum atomic E-state index is 11.5. The molecule has 3 unspecified atom stereocenters. The molecule has 23 heavy (non-hydrogen) atoms. The normalized spacial score (nSPS) is 37.3. The molecule has 1 aliphatic heterocycles. The van der Waals surface area contributed by atoms with Crippen LogP contribution in [0, 0.1) is 0 Å². The lowest BCUT2D eigenvalue weighted by atomic mass is 9.80. The lowest BCUT2D eigenvalue weighted by Gasteiger charge is -2.26. The molecule has 1 rings (SSSR count). The molecule has 0 aromatic heterocycles. The van der Waals surface area contributed by atoms with Crippen molar-refractivity contribution in [3.05, 3.63) is 0 Å². The van der Waals surface area contributed by atoms with Crippen LogP contribution in [0.5, 0.6) is 0 Å². The monoisotopic (exact) mass is 399 g/mol. The van der Waals surface area contributed by atoms with E-state index in [1.54, 1.807) is 7.85 Å². The molecule has 0 bridgehead atoms. The molecule has 1 aliphatic rings. The van der Waals surface area contributed by atoms with Crippen LogP contribution in [0.3, 0.4) is 0 Å². The molecule has 6 atom stereocenters. The quantitative estimate of drug-likeness (QED) is 0.198. The number of aliphatic hydroxyl groups is 1. The fraction of sp³-hybridized carbons (Fsp3) is 1.00. The van der Waals surface area contributed by atoms with E-state index in [9.17, 15) is 23.7 Å². The van der Waals surface area contributed by atoms with Crippen molar-refractivity contribution in [2.24, 2.45) is 5.73 Å². The van der Waals surface area contributed by atoms with Crippen LogP contribution >= 0.6 is 23.5 Å². The lowest BCUT2D eigenvalue weighted by molar-refractivity contribution is -0.00545. The molecule has 0 radical (unpaired) electrons. The summed E-state index contributed by atoms with van der Waals surface area (Å²) in [5.41, 5.74) is 4.62. The minimum Gasteiger partial charge on any atom is -0.388 e. The summed E-state index contributed by atoms with van der Waals surface area (Å²) in [7, 11) is -14.7. The Morgan fingerprint density at radius 3 is 2.09 bits per heavy atom. The van der Waals surface area contributed by atoms with Gasteiger partial charge in [-0.3, -0.25) is 4.52 Å². The first-order chi connectivity index (χ1) is 10.1. The molecule has 0 saturated carbocycles. The van der Waals surface area contributed by atoms with Crippen LogP contribution in [0.2, 0.25) is 0 Å². The zero-order chi connectivity index (χ0) is 18.3. The van der Waals surface area contributed by atoms with Gasteiger partial charge in [-0.05, 0) is 6.92 Å². The van der Waals surface area contributed by atoms with Gasteiger partial charge < -0.3 is 35.2 Å². The van der Waals surface area contributed by atoms with Crippen molar-refractivity contribution in [2.45, 2.75) is 30.7 Å². The van der Waals surface area contributed by atoms with Crippen LogP contribution in [0.4, 0.5) is 0 Å². The number of nitrogens with two attached hydrogens (primary N) is 1. The van der Waals surface area contributed by atoms with Crippen molar-refractivity contribution in [2.75, 3.05) is 6.61 Å². The van der Waals surface area contributed by atoms with Crippen molar-refractivity contribution >= 4 is 31.3 Å². The molecular weight excluding hydrogens is 382 g/mol. The van der Waals surface area contributed by atoms with Gasteiger partial charge in [0.25, 0.3) is 0 Å². The Hall–Kier alpha value is 0.355. The Bertz CT molecular complexity index is 577. The smallest absolute Gasteiger partial charge is 0.388 e. The standard InChI is InChI=1S/C6H17BNO12P3/c1-6(8)4(9)3(18-5(6)7)2-17-22(13,14)20-23(15,16)19-21(10,11)12/h3-5,9H,2,7-8H2,1H3,(H,13,14)(H,15,16)(H2,10,11,12)/t3-,4-,5?,6-/m1/s1. The number of phosphoric acid groups is 3. The molecule has 136 valence electrons. The van der Waals surface area contributed by atoms with E-state index in [2.05, 4.69) is 13.1 Å². The van der Waals surface area contributed by atoms with Crippen LogP contribution in [-0.2, 0) is 31.6 Å². The molecule has 1 heterocycles. The van der Waals surface area contributed by atoms with Gasteiger partial charge in [0.1, 0.15) is 20.1 Å². The van der Waals surface area contributed by atoms with Gasteiger partial charge in [0, 0.05) is 6.00 Å². The van der Waals surface area contributed by atoms with Gasteiger partial charge in [-0.2, -0.15) is 8.62 Å². The topological polar surface area (TPSA) is 215 Å². The van der Waals surface area contributed by atoms with Gasteiger partial charge in [-0.15, -0.1) is 0 Å². The van der Waals surface area contributed by atoms with Crippen molar-refractivity contribution in [3.63, 3.8) is 0 Å². The molecule has 1 saturated heterocycles. The van der Waals surface area contributed by atoms with Crippen LogP contribution < -0.4 is 5.73 Å². The Morgan fingerprint density at radius 2 is 1.70 bits per heavy atom. The molecule has 0 spiro atoms. The maximum Gasteiger partial charge on any atom is 0.490 e. The van der Waals surface area contributed by atoms with E-state index in [-0.39, 0.29) is 0 Å². The summed E-state index contributed by atoms with van der Waals surface area (Å²) < 4.78 is 49.7. The Labute approximate surface area is 131 Å². The largest absolute Gasteiger partial charge is 0.490 e. The summed E-state index contributed by atoms with van der Waals surface area (Å²) in [6.45, 7) is 0.731. The van der Waals surface area contributed by atoms with Gasteiger partial charge in [-0.25, -0.2) is 13.7 Å². The molecule has 17 heteroatoms. The van der Waals surface area contributed by atoms with E-state index < -0.39 is 53.8 Å². The van der Waals surface area contributed by atoms with Gasteiger partial charge >= 0.3 is 23.5 Å². The summed E-state index contributed by atoms with van der Waals surface area (Å²) in [5, 5.41) is 9.90. The fourth-order valence-electron chi connectivity index (χ4n) is 1.73. The molecule has 0 aliphatic carbocycles. The molecular formula is C6H17BNO12P3. The highest BCUT2D eigenvalue weighted by Gasteiger charge is 2.49. The summed E-state index contributed by atoms with van der Waals surface area (Å²) in [5.74, 6) is 0. The Morgan fingerprint density at radius 1 is 1.17 bits per heavy atom. The number of hydrogen-bond donors (Lipinski definition) is 6. The van der Waals surface area contributed by atoms with E-state index in [1.807, 2.05) is 0 Å². The molecule has 1 fully saturated rings. The predicted molar refractivity (Wildman–Crippen MR) is 75.6 cm³/mol. The average molecular weight is 399 g/mol. The third kappa shape index (κ3) is 6.30. The highest BCUT2D eigenvalue weighted by Crippen LogP contribution is 2.66. The third-order valence-corrected chi connectivity index (χ3v) is 6.86.